The smallest absolute Gasteiger partial charge is 0.160 e. The molecule has 22 heavy (non-hydrogen) atoms. The van der Waals surface area contributed by atoms with Gasteiger partial charge >= 0.3 is 0 Å². The van der Waals surface area contributed by atoms with Crippen molar-refractivity contribution >= 4 is 5.78 Å². The molecule has 6 nitrogen and oxygen atoms in total. The van der Waals surface area contributed by atoms with Gasteiger partial charge in [-0.05, 0) is 6.42 Å². The zero-order valence-corrected chi connectivity index (χ0v) is 14.3. The van der Waals surface area contributed by atoms with Crippen molar-refractivity contribution in [3.63, 3.8) is 0 Å². The average molecular weight is 320 g/mol. The van der Waals surface area contributed by atoms with Crippen LogP contribution in [0.5, 0.6) is 0 Å². The second kappa shape index (κ2) is 16.8. The van der Waals surface area contributed by atoms with Gasteiger partial charge in [-0.3, -0.25) is 4.79 Å². The third kappa shape index (κ3) is 15.9. The van der Waals surface area contributed by atoms with Crippen LogP contribution < -0.4 is 0 Å². The Balaban J connectivity index is 3.04. The molecular weight excluding hydrogens is 288 g/mol. The van der Waals surface area contributed by atoms with Gasteiger partial charge in [-0.25, -0.2) is 0 Å². The van der Waals surface area contributed by atoms with Crippen LogP contribution in [0.3, 0.4) is 0 Å². The minimum atomic E-state index is 0.0229. The predicted molar refractivity (Wildman–Crippen MR) is 84.2 cm³/mol. The van der Waals surface area contributed by atoms with Crippen molar-refractivity contribution in [1.82, 2.24) is 0 Å². The lowest BCUT2D eigenvalue weighted by atomic mass is 10.1. The van der Waals surface area contributed by atoms with Crippen LogP contribution in [-0.2, 0) is 28.5 Å². The Bertz CT molecular complexity index is 245. The van der Waals surface area contributed by atoms with Gasteiger partial charge in [0, 0.05) is 12.5 Å². The summed E-state index contributed by atoms with van der Waals surface area (Å²) in [7, 11) is 0. The Labute approximate surface area is 134 Å². The summed E-state index contributed by atoms with van der Waals surface area (Å²) < 4.78 is 26.5. The first kappa shape index (κ1) is 21.5. The summed E-state index contributed by atoms with van der Waals surface area (Å²) in [5, 5.41) is 0. The molecule has 0 aromatic heterocycles. The van der Waals surface area contributed by atoms with Gasteiger partial charge in [-0.1, -0.05) is 20.8 Å². The monoisotopic (exact) mass is 320 g/mol. The van der Waals surface area contributed by atoms with E-state index in [0.717, 1.165) is 13.0 Å². The molecule has 0 atom stereocenters. The lowest BCUT2D eigenvalue weighted by molar-refractivity contribution is -0.127. The number of rotatable bonds is 17. The Kier molecular flexibility index (Phi) is 16.4. The van der Waals surface area contributed by atoms with Crippen molar-refractivity contribution < 1.29 is 28.5 Å². The highest BCUT2D eigenvalue weighted by Gasteiger charge is 2.06. The number of carbonyl (C=O) groups is 1. The van der Waals surface area contributed by atoms with E-state index >= 15 is 0 Å². The van der Waals surface area contributed by atoms with Gasteiger partial charge in [0.2, 0.25) is 0 Å². The topological polar surface area (TPSA) is 63.2 Å². The lowest BCUT2D eigenvalue weighted by Gasteiger charge is -2.08. The zero-order valence-electron chi connectivity index (χ0n) is 14.3. The fourth-order valence-electron chi connectivity index (χ4n) is 1.36. The molecule has 0 amide bonds. The van der Waals surface area contributed by atoms with E-state index in [0.29, 0.717) is 52.9 Å². The molecule has 0 spiro atoms. The maximum absolute atomic E-state index is 11.3. The number of hydrogen-bond donors (Lipinski definition) is 0. The fourth-order valence-corrected chi connectivity index (χ4v) is 1.36. The molecule has 0 aliphatic carbocycles. The number of hydrogen-bond acceptors (Lipinski definition) is 6. The minimum absolute atomic E-state index is 0.0229. The number of ether oxygens (including phenoxy) is 5. The van der Waals surface area contributed by atoms with Crippen molar-refractivity contribution in [1.29, 1.82) is 0 Å². The molecule has 0 heterocycles. The standard InChI is InChI=1S/C16H32O6/c1-4-5-18-6-7-19-8-9-20-10-11-21-12-13-22-14-16(17)15(2)3/h15H,4-14H2,1-3H3. The Morgan fingerprint density at radius 2 is 1.05 bits per heavy atom. The number of carbonyl (C=O) groups excluding carboxylic acids is 1. The quantitative estimate of drug-likeness (QED) is 0.380. The van der Waals surface area contributed by atoms with E-state index in [-0.39, 0.29) is 18.3 Å². The van der Waals surface area contributed by atoms with Crippen LogP contribution >= 0.6 is 0 Å². The van der Waals surface area contributed by atoms with Crippen molar-refractivity contribution in [3.8, 4) is 0 Å². The van der Waals surface area contributed by atoms with Gasteiger partial charge in [0.1, 0.15) is 6.61 Å². The van der Waals surface area contributed by atoms with Gasteiger partial charge in [0.05, 0.1) is 52.9 Å². The first-order valence-corrected chi connectivity index (χ1v) is 8.09. The molecule has 132 valence electrons. The van der Waals surface area contributed by atoms with Crippen molar-refractivity contribution in [2.24, 2.45) is 5.92 Å². The summed E-state index contributed by atoms with van der Waals surface area (Å²) in [5.41, 5.74) is 0. The zero-order chi connectivity index (χ0) is 16.5. The van der Waals surface area contributed by atoms with Gasteiger partial charge in [0.15, 0.2) is 5.78 Å². The van der Waals surface area contributed by atoms with E-state index < -0.39 is 0 Å². The molecule has 0 radical (unpaired) electrons. The predicted octanol–water partition coefficient (Wildman–Crippen LogP) is 1.70. The van der Waals surface area contributed by atoms with Crippen LogP contribution in [0.2, 0.25) is 0 Å². The lowest BCUT2D eigenvalue weighted by Crippen LogP contribution is -2.17. The second-order valence-electron chi connectivity index (χ2n) is 5.12. The molecule has 0 aromatic carbocycles. The normalized spacial score (nSPS) is 11.3. The highest BCUT2D eigenvalue weighted by atomic mass is 16.6. The van der Waals surface area contributed by atoms with Gasteiger partial charge in [0.25, 0.3) is 0 Å². The Hall–Kier alpha value is -0.530. The summed E-state index contributed by atoms with van der Waals surface area (Å²) in [6, 6.07) is 0. The minimum Gasteiger partial charge on any atom is -0.379 e. The van der Waals surface area contributed by atoms with E-state index in [9.17, 15) is 4.79 Å². The van der Waals surface area contributed by atoms with Crippen LogP contribution in [0.1, 0.15) is 27.2 Å². The average Bonchev–Trinajstić information content (AvgIpc) is 2.50. The molecule has 0 aliphatic rings. The summed E-state index contributed by atoms with van der Waals surface area (Å²) >= 11 is 0. The maximum Gasteiger partial charge on any atom is 0.160 e. The molecule has 0 aromatic rings. The molecule has 0 unspecified atom stereocenters. The van der Waals surface area contributed by atoms with Crippen LogP contribution in [0, 0.1) is 5.92 Å². The highest BCUT2D eigenvalue weighted by Crippen LogP contribution is 1.94. The molecule has 0 aliphatic heterocycles. The van der Waals surface area contributed by atoms with Crippen molar-refractivity contribution in [2.45, 2.75) is 27.2 Å². The molecule has 0 rings (SSSR count). The molecule has 0 fully saturated rings. The summed E-state index contributed by atoms with van der Waals surface area (Å²) in [4.78, 5) is 11.3. The Morgan fingerprint density at radius 1 is 0.682 bits per heavy atom. The van der Waals surface area contributed by atoms with Gasteiger partial charge < -0.3 is 23.7 Å². The first-order valence-electron chi connectivity index (χ1n) is 8.09. The number of Topliss-reactive ketones (excluding diaryl/α,β-unsaturated/α-hetero) is 1. The largest absolute Gasteiger partial charge is 0.379 e. The summed E-state index contributed by atoms with van der Waals surface area (Å²) in [6.45, 7) is 11.1. The fraction of sp³-hybridized carbons (Fsp3) is 0.938. The third-order valence-corrected chi connectivity index (χ3v) is 2.72. The van der Waals surface area contributed by atoms with Crippen LogP contribution in [0.25, 0.3) is 0 Å². The maximum atomic E-state index is 11.3. The molecule has 0 saturated carbocycles. The molecule has 0 saturated heterocycles. The number of ketones is 1. The molecular formula is C16H32O6. The van der Waals surface area contributed by atoms with E-state index in [2.05, 4.69) is 6.92 Å². The van der Waals surface area contributed by atoms with Crippen molar-refractivity contribution in [3.05, 3.63) is 0 Å². The van der Waals surface area contributed by atoms with E-state index in [1.165, 1.54) is 0 Å². The Morgan fingerprint density at radius 3 is 1.41 bits per heavy atom. The SMILES string of the molecule is CCCOCCOCCOCCOCCOCC(=O)C(C)C. The summed E-state index contributed by atoms with van der Waals surface area (Å²) in [5.74, 6) is 0.137. The summed E-state index contributed by atoms with van der Waals surface area (Å²) in [6.07, 6.45) is 1.03. The van der Waals surface area contributed by atoms with Gasteiger partial charge in [-0.2, -0.15) is 0 Å². The van der Waals surface area contributed by atoms with Crippen LogP contribution in [0.4, 0.5) is 0 Å². The first-order chi connectivity index (χ1) is 10.7. The second-order valence-corrected chi connectivity index (χ2v) is 5.12. The highest BCUT2D eigenvalue weighted by molar-refractivity contribution is 5.81. The van der Waals surface area contributed by atoms with E-state index in [1.54, 1.807) is 0 Å². The molecule has 6 heteroatoms. The van der Waals surface area contributed by atoms with E-state index in [4.69, 9.17) is 23.7 Å². The molecule has 0 N–H and O–H groups in total. The van der Waals surface area contributed by atoms with Crippen LogP contribution in [-0.4, -0.2) is 71.9 Å². The third-order valence-electron chi connectivity index (χ3n) is 2.72. The van der Waals surface area contributed by atoms with Gasteiger partial charge in [-0.15, -0.1) is 0 Å². The van der Waals surface area contributed by atoms with Crippen LogP contribution in [0.15, 0.2) is 0 Å². The van der Waals surface area contributed by atoms with E-state index in [1.807, 2.05) is 13.8 Å². The van der Waals surface area contributed by atoms with Crippen molar-refractivity contribution in [2.75, 3.05) is 66.1 Å². The molecule has 0 bridgehead atoms.